The number of anilines is 2. The quantitative estimate of drug-likeness (QED) is 0.573. The second-order valence-electron chi connectivity index (χ2n) is 5.41. The summed E-state index contributed by atoms with van der Waals surface area (Å²) in [5.74, 6) is 1.72. The average Bonchev–Trinajstić information content (AvgIpc) is 2.51. The third-order valence-corrected chi connectivity index (χ3v) is 3.37. The summed E-state index contributed by atoms with van der Waals surface area (Å²) in [4.78, 5) is 0. The van der Waals surface area contributed by atoms with E-state index in [4.69, 9.17) is 20.9 Å². The van der Waals surface area contributed by atoms with Crippen molar-refractivity contribution in [3.8, 4) is 11.5 Å². The monoisotopic (exact) mass is 300 g/mol. The van der Waals surface area contributed by atoms with E-state index >= 15 is 0 Å². The SMILES string of the molecule is CC(CCCCOc1ccc(N)cc1)Oc1ccc(N)cc1. The second kappa shape index (κ2) is 8.17. The van der Waals surface area contributed by atoms with E-state index < -0.39 is 0 Å². The summed E-state index contributed by atoms with van der Waals surface area (Å²) >= 11 is 0. The molecule has 1 unspecified atom stereocenters. The average molecular weight is 300 g/mol. The minimum Gasteiger partial charge on any atom is -0.494 e. The van der Waals surface area contributed by atoms with Crippen LogP contribution in [-0.2, 0) is 0 Å². The van der Waals surface area contributed by atoms with Gasteiger partial charge in [-0.05, 0) is 74.7 Å². The highest BCUT2D eigenvalue weighted by Gasteiger charge is 2.04. The number of nitrogen functional groups attached to an aromatic ring is 2. The first kappa shape index (κ1) is 16.0. The minimum absolute atomic E-state index is 0.181. The number of benzene rings is 2. The largest absolute Gasteiger partial charge is 0.494 e. The van der Waals surface area contributed by atoms with Crippen LogP contribution in [0.3, 0.4) is 0 Å². The van der Waals surface area contributed by atoms with Crippen LogP contribution < -0.4 is 20.9 Å². The van der Waals surface area contributed by atoms with E-state index in [1.54, 1.807) is 0 Å². The maximum absolute atomic E-state index is 5.84. The van der Waals surface area contributed by atoms with E-state index in [1.807, 2.05) is 48.5 Å². The van der Waals surface area contributed by atoms with Crippen molar-refractivity contribution >= 4 is 11.4 Å². The van der Waals surface area contributed by atoms with Crippen molar-refractivity contribution in [2.75, 3.05) is 18.1 Å². The van der Waals surface area contributed by atoms with Gasteiger partial charge < -0.3 is 20.9 Å². The van der Waals surface area contributed by atoms with Crippen molar-refractivity contribution in [3.05, 3.63) is 48.5 Å². The highest BCUT2D eigenvalue weighted by molar-refractivity contribution is 5.42. The molecule has 2 aromatic carbocycles. The van der Waals surface area contributed by atoms with Crippen LogP contribution in [0.5, 0.6) is 11.5 Å². The smallest absolute Gasteiger partial charge is 0.119 e. The summed E-state index contributed by atoms with van der Waals surface area (Å²) in [5, 5.41) is 0. The van der Waals surface area contributed by atoms with Crippen LogP contribution in [0, 0.1) is 0 Å². The zero-order valence-electron chi connectivity index (χ0n) is 13.0. The van der Waals surface area contributed by atoms with E-state index in [9.17, 15) is 0 Å². The van der Waals surface area contributed by atoms with Gasteiger partial charge in [0.15, 0.2) is 0 Å². The van der Waals surface area contributed by atoms with Gasteiger partial charge in [0.2, 0.25) is 0 Å². The lowest BCUT2D eigenvalue weighted by molar-refractivity contribution is 0.201. The Labute approximate surface area is 132 Å². The summed E-state index contributed by atoms with van der Waals surface area (Å²) in [6.45, 7) is 2.79. The molecular formula is C18H24N2O2. The molecule has 0 aliphatic carbocycles. The fraction of sp³-hybridized carbons (Fsp3) is 0.333. The molecule has 0 aromatic heterocycles. The van der Waals surface area contributed by atoms with Crippen molar-refractivity contribution in [2.45, 2.75) is 32.3 Å². The van der Waals surface area contributed by atoms with E-state index in [1.165, 1.54) is 0 Å². The molecule has 2 rings (SSSR count). The lowest BCUT2D eigenvalue weighted by Gasteiger charge is -2.15. The third kappa shape index (κ3) is 5.56. The van der Waals surface area contributed by atoms with E-state index in [0.29, 0.717) is 6.61 Å². The molecule has 0 saturated heterocycles. The van der Waals surface area contributed by atoms with Crippen molar-refractivity contribution in [1.29, 1.82) is 0 Å². The van der Waals surface area contributed by atoms with Gasteiger partial charge in [-0.15, -0.1) is 0 Å². The van der Waals surface area contributed by atoms with E-state index in [2.05, 4.69) is 6.92 Å². The summed E-state index contributed by atoms with van der Waals surface area (Å²) in [7, 11) is 0. The lowest BCUT2D eigenvalue weighted by atomic mass is 10.2. The molecule has 1 atom stereocenters. The van der Waals surface area contributed by atoms with Gasteiger partial charge in [0.1, 0.15) is 11.5 Å². The molecule has 118 valence electrons. The van der Waals surface area contributed by atoms with Gasteiger partial charge in [-0.1, -0.05) is 0 Å². The highest BCUT2D eigenvalue weighted by Crippen LogP contribution is 2.17. The maximum atomic E-state index is 5.84. The zero-order valence-corrected chi connectivity index (χ0v) is 13.0. The minimum atomic E-state index is 0.181. The number of unbranched alkanes of at least 4 members (excludes halogenated alkanes) is 1. The number of nitrogens with two attached hydrogens (primary N) is 2. The van der Waals surface area contributed by atoms with Gasteiger partial charge in [0.05, 0.1) is 12.7 Å². The normalized spacial score (nSPS) is 11.9. The number of rotatable bonds is 8. The molecule has 0 spiro atoms. The molecular weight excluding hydrogens is 276 g/mol. The summed E-state index contributed by atoms with van der Waals surface area (Å²) in [6.07, 6.45) is 3.24. The first-order chi connectivity index (χ1) is 10.6. The molecule has 0 radical (unpaired) electrons. The first-order valence-electron chi connectivity index (χ1n) is 7.64. The maximum Gasteiger partial charge on any atom is 0.119 e. The summed E-state index contributed by atoms with van der Waals surface area (Å²) in [5.41, 5.74) is 12.8. The Kier molecular flexibility index (Phi) is 5.95. The first-order valence-corrected chi connectivity index (χ1v) is 7.64. The Bertz CT molecular complexity index is 552. The molecule has 4 heteroatoms. The van der Waals surface area contributed by atoms with Crippen molar-refractivity contribution < 1.29 is 9.47 Å². The Morgan fingerprint density at radius 1 is 0.818 bits per heavy atom. The van der Waals surface area contributed by atoms with Crippen molar-refractivity contribution in [1.82, 2.24) is 0 Å². The van der Waals surface area contributed by atoms with Crippen LogP contribution >= 0.6 is 0 Å². The van der Waals surface area contributed by atoms with E-state index in [-0.39, 0.29) is 6.10 Å². The van der Waals surface area contributed by atoms with Crippen LogP contribution in [0.15, 0.2) is 48.5 Å². The van der Waals surface area contributed by atoms with Crippen LogP contribution in [0.2, 0.25) is 0 Å². The lowest BCUT2D eigenvalue weighted by Crippen LogP contribution is -2.12. The molecule has 0 amide bonds. The molecule has 2 aromatic rings. The highest BCUT2D eigenvalue weighted by atomic mass is 16.5. The molecule has 0 aliphatic rings. The van der Waals surface area contributed by atoms with Crippen LogP contribution in [0.1, 0.15) is 26.2 Å². The molecule has 0 aliphatic heterocycles. The van der Waals surface area contributed by atoms with Gasteiger partial charge in [-0.3, -0.25) is 0 Å². The molecule has 0 fully saturated rings. The number of hydrogen-bond acceptors (Lipinski definition) is 4. The van der Waals surface area contributed by atoms with Gasteiger partial charge in [-0.25, -0.2) is 0 Å². The predicted molar refractivity (Wildman–Crippen MR) is 91.1 cm³/mol. The van der Waals surface area contributed by atoms with Crippen molar-refractivity contribution in [2.24, 2.45) is 0 Å². The molecule has 22 heavy (non-hydrogen) atoms. The Hall–Kier alpha value is -2.36. The molecule has 4 N–H and O–H groups in total. The Balaban J connectivity index is 1.59. The van der Waals surface area contributed by atoms with Crippen LogP contribution in [0.4, 0.5) is 11.4 Å². The summed E-state index contributed by atoms with van der Waals surface area (Å²) < 4.78 is 11.5. The number of hydrogen-bond donors (Lipinski definition) is 2. The van der Waals surface area contributed by atoms with Gasteiger partial charge in [0.25, 0.3) is 0 Å². The molecule has 0 heterocycles. The third-order valence-electron chi connectivity index (χ3n) is 3.37. The molecule has 4 nitrogen and oxygen atoms in total. The topological polar surface area (TPSA) is 70.5 Å². The second-order valence-corrected chi connectivity index (χ2v) is 5.41. The number of ether oxygens (including phenoxy) is 2. The fourth-order valence-electron chi connectivity index (χ4n) is 2.13. The van der Waals surface area contributed by atoms with Crippen LogP contribution in [-0.4, -0.2) is 12.7 Å². The predicted octanol–water partition coefficient (Wildman–Crippen LogP) is 3.87. The molecule has 0 saturated carbocycles. The standard InChI is InChI=1S/C18H24N2O2/c1-14(22-18-11-7-16(20)8-12-18)4-2-3-13-21-17-9-5-15(19)6-10-17/h5-12,14H,2-4,13,19-20H2,1H3. The fourth-order valence-corrected chi connectivity index (χ4v) is 2.13. The summed E-state index contributed by atoms with van der Waals surface area (Å²) in [6, 6.07) is 15.0. The van der Waals surface area contributed by atoms with Crippen LogP contribution in [0.25, 0.3) is 0 Å². The molecule has 0 bridgehead atoms. The Morgan fingerprint density at radius 2 is 1.36 bits per heavy atom. The van der Waals surface area contributed by atoms with Crippen molar-refractivity contribution in [3.63, 3.8) is 0 Å². The van der Waals surface area contributed by atoms with Gasteiger partial charge >= 0.3 is 0 Å². The Morgan fingerprint density at radius 3 is 1.95 bits per heavy atom. The van der Waals surface area contributed by atoms with Gasteiger partial charge in [-0.2, -0.15) is 0 Å². The zero-order chi connectivity index (χ0) is 15.8. The van der Waals surface area contributed by atoms with E-state index in [0.717, 1.165) is 42.1 Å². The van der Waals surface area contributed by atoms with Gasteiger partial charge in [0, 0.05) is 11.4 Å².